The van der Waals surface area contributed by atoms with Crippen LogP contribution in [0.2, 0.25) is 0 Å². The van der Waals surface area contributed by atoms with Gasteiger partial charge in [0.05, 0.1) is 25.0 Å². The molecule has 0 heterocycles. The molecular formula is C29H36N2O4S. The summed E-state index contributed by atoms with van der Waals surface area (Å²) in [6, 6.07) is 20.9. The highest BCUT2D eigenvalue weighted by molar-refractivity contribution is 7.92. The minimum Gasteiger partial charge on any atom is -0.492 e. The zero-order chi connectivity index (χ0) is 26.1. The van der Waals surface area contributed by atoms with Crippen molar-refractivity contribution in [1.82, 2.24) is 5.32 Å². The molecule has 1 N–H and O–H groups in total. The van der Waals surface area contributed by atoms with E-state index < -0.39 is 10.0 Å². The number of hydrogen-bond acceptors (Lipinski definition) is 4. The molecule has 0 atom stereocenters. The van der Waals surface area contributed by atoms with Gasteiger partial charge < -0.3 is 10.1 Å². The number of carbonyl (C=O) groups is 1. The van der Waals surface area contributed by atoms with Crippen LogP contribution in [0.25, 0.3) is 0 Å². The number of nitrogens with zero attached hydrogens (tertiary/aromatic N) is 1. The van der Waals surface area contributed by atoms with Crippen LogP contribution in [0.15, 0.2) is 66.7 Å². The van der Waals surface area contributed by atoms with Gasteiger partial charge in [-0.1, -0.05) is 63.2 Å². The fourth-order valence-electron chi connectivity index (χ4n) is 4.08. The van der Waals surface area contributed by atoms with Crippen LogP contribution < -0.4 is 14.4 Å². The Hall–Kier alpha value is -3.32. The van der Waals surface area contributed by atoms with Crippen molar-refractivity contribution < 1.29 is 17.9 Å². The molecule has 36 heavy (non-hydrogen) atoms. The number of carbonyl (C=O) groups excluding carboxylic acids is 1. The molecule has 0 radical (unpaired) electrons. The number of nitrogens with one attached hydrogen (secondary N) is 1. The van der Waals surface area contributed by atoms with Gasteiger partial charge in [0, 0.05) is 5.56 Å². The van der Waals surface area contributed by atoms with Gasteiger partial charge in [-0.2, -0.15) is 0 Å². The van der Waals surface area contributed by atoms with Gasteiger partial charge in [0.2, 0.25) is 10.0 Å². The van der Waals surface area contributed by atoms with Gasteiger partial charge in [-0.15, -0.1) is 0 Å². The molecule has 0 spiro atoms. The summed E-state index contributed by atoms with van der Waals surface area (Å²) < 4.78 is 32.7. The van der Waals surface area contributed by atoms with Crippen molar-refractivity contribution in [2.75, 3.05) is 23.7 Å². The first-order chi connectivity index (χ1) is 17.3. The number of hydrogen-bond donors (Lipinski definition) is 1. The van der Waals surface area contributed by atoms with E-state index in [4.69, 9.17) is 4.74 Å². The molecule has 0 bridgehead atoms. The van der Waals surface area contributed by atoms with Crippen molar-refractivity contribution in [3.05, 3.63) is 94.5 Å². The highest BCUT2D eigenvalue weighted by atomic mass is 32.2. The predicted molar refractivity (Wildman–Crippen MR) is 146 cm³/mol. The van der Waals surface area contributed by atoms with E-state index in [-0.39, 0.29) is 12.5 Å². The number of benzene rings is 3. The third-order valence-electron chi connectivity index (χ3n) is 6.14. The highest BCUT2D eigenvalue weighted by Crippen LogP contribution is 2.30. The first-order valence-electron chi connectivity index (χ1n) is 12.4. The molecule has 3 rings (SSSR count). The summed E-state index contributed by atoms with van der Waals surface area (Å²) in [6.07, 6.45) is 3.69. The molecule has 0 aliphatic rings. The van der Waals surface area contributed by atoms with E-state index in [0.717, 1.165) is 47.4 Å². The Balaban J connectivity index is 1.63. The molecule has 1 amide bonds. The lowest BCUT2D eigenvalue weighted by Crippen LogP contribution is -2.31. The molecule has 0 saturated carbocycles. The van der Waals surface area contributed by atoms with Crippen LogP contribution in [0.1, 0.15) is 53.4 Å². The SMILES string of the molecule is CCc1ccc(OCCNC(=O)c2ccc(CN(c3c(CC)cccc3CC)S(C)(=O)=O)cc2)cc1. The number of ether oxygens (including phenoxy) is 1. The number of para-hydroxylation sites is 1. The normalized spacial score (nSPS) is 11.2. The number of rotatable bonds is 12. The minimum absolute atomic E-state index is 0.198. The van der Waals surface area contributed by atoms with E-state index in [1.165, 1.54) is 16.1 Å². The molecule has 0 unspecified atom stereocenters. The Morgan fingerprint density at radius 2 is 1.42 bits per heavy atom. The topological polar surface area (TPSA) is 75.7 Å². The monoisotopic (exact) mass is 508 g/mol. The van der Waals surface area contributed by atoms with E-state index >= 15 is 0 Å². The molecule has 0 aliphatic heterocycles. The smallest absolute Gasteiger partial charge is 0.251 e. The molecule has 192 valence electrons. The van der Waals surface area contributed by atoms with Crippen LogP contribution in [0.3, 0.4) is 0 Å². The molecule has 7 heteroatoms. The number of anilines is 1. The first kappa shape index (κ1) is 27.3. The Labute approximate surface area is 215 Å². The summed E-state index contributed by atoms with van der Waals surface area (Å²) in [5.74, 6) is 0.577. The predicted octanol–water partition coefficient (Wildman–Crippen LogP) is 5.15. The van der Waals surface area contributed by atoms with Crippen molar-refractivity contribution in [1.29, 1.82) is 0 Å². The van der Waals surface area contributed by atoms with Crippen LogP contribution in [0, 0.1) is 0 Å². The van der Waals surface area contributed by atoms with Crippen LogP contribution >= 0.6 is 0 Å². The summed E-state index contributed by atoms with van der Waals surface area (Å²) in [4.78, 5) is 12.5. The molecule has 0 aliphatic carbocycles. The van der Waals surface area contributed by atoms with Crippen LogP contribution in [-0.2, 0) is 35.8 Å². The summed E-state index contributed by atoms with van der Waals surface area (Å²) in [5.41, 5.74) is 5.33. The first-order valence-corrected chi connectivity index (χ1v) is 14.3. The summed E-state index contributed by atoms with van der Waals surface area (Å²) in [7, 11) is -3.51. The van der Waals surface area contributed by atoms with Gasteiger partial charge in [-0.25, -0.2) is 8.42 Å². The van der Waals surface area contributed by atoms with Crippen LogP contribution in [-0.4, -0.2) is 33.7 Å². The van der Waals surface area contributed by atoms with E-state index in [1.807, 2.05) is 56.3 Å². The van der Waals surface area contributed by atoms with Gasteiger partial charge in [-0.3, -0.25) is 9.10 Å². The maximum absolute atomic E-state index is 12.8. The minimum atomic E-state index is -3.51. The van der Waals surface area contributed by atoms with Gasteiger partial charge >= 0.3 is 0 Å². The lowest BCUT2D eigenvalue weighted by molar-refractivity contribution is 0.0947. The fourth-order valence-corrected chi connectivity index (χ4v) is 5.03. The third-order valence-corrected chi connectivity index (χ3v) is 7.26. The summed E-state index contributed by atoms with van der Waals surface area (Å²) in [5, 5.41) is 2.86. The van der Waals surface area contributed by atoms with Gasteiger partial charge in [0.15, 0.2) is 0 Å². The second kappa shape index (κ2) is 12.6. The lowest BCUT2D eigenvalue weighted by atomic mass is 10.0. The van der Waals surface area contributed by atoms with Crippen molar-refractivity contribution in [2.24, 2.45) is 0 Å². The maximum atomic E-state index is 12.8. The van der Waals surface area contributed by atoms with Gasteiger partial charge in [-0.05, 0) is 65.8 Å². The zero-order valence-corrected chi connectivity index (χ0v) is 22.4. The molecule has 0 aromatic heterocycles. The van der Waals surface area contributed by atoms with E-state index in [2.05, 4.69) is 12.2 Å². The molecule has 0 saturated heterocycles. The van der Waals surface area contributed by atoms with Gasteiger partial charge in [0.25, 0.3) is 5.91 Å². The number of amides is 1. The Bertz CT molecular complexity index is 1230. The Morgan fingerprint density at radius 1 is 0.833 bits per heavy atom. The molecule has 3 aromatic rings. The third kappa shape index (κ3) is 7.10. The second-order valence-electron chi connectivity index (χ2n) is 8.70. The van der Waals surface area contributed by atoms with Crippen molar-refractivity contribution in [2.45, 2.75) is 46.6 Å². The average Bonchev–Trinajstić information content (AvgIpc) is 2.89. The zero-order valence-electron chi connectivity index (χ0n) is 21.6. The lowest BCUT2D eigenvalue weighted by Gasteiger charge is -2.27. The second-order valence-corrected chi connectivity index (χ2v) is 10.6. The van der Waals surface area contributed by atoms with Crippen LogP contribution in [0.5, 0.6) is 5.75 Å². The maximum Gasteiger partial charge on any atom is 0.251 e. The molecular weight excluding hydrogens is 472 g/mol. The molecule has 3 aromatic carbocycles. The van der Waals surface area contributed by atoms with E-state index in [0.29, 0.717) is 18.7 Å². The van der Waals surface area contributed by atoms with E-state index in [9.17, 15) is 13.2 Å². The van der Waals surface area contributed by atoms with Crippen molar-refractivity contribution in [3.63, 3.8) is 0 Å². The average molecular weight is 509 g/mol. The van der Waals surface area contributed by atoms with E-state index in [1.54, 1.807) is 24.3 Å². The quantitative estimate of drug-likeness (QED) is 0.343. The van der Waals surface area contributed by atoms with Crippen molar-refractivity contribution in [3.8, 4) is 5.75 Å². The standard InChI is InChI=1S/C29H36N2O4S/c1-5-22-13-17-27(18-14-22)35-20-19-30-29(32)26-15-11-23(12-16-26)21-31(36(4,33)34)28-24(6-2)9-8-10-25(28)7-3/h8-18H,5-7,19-21H2,1-4H3,(H,30,32). The van der Waals surface area contributed by atoms with Crippen LogP contribution in [0.4, 0.5) is 5.69 Å². The number of sulfonamides is 1. The highest BCUT2D eigenvalue weighted by Gasteiger charge is 2.23. The number of aryl methyl sites for hydroxylation is 3. The van der Waals surface area contributed by atoms with Gasteiger partial charge in [0.1, 0.15) is 12.4 Å². The molecule has 6 nitrogen and oxygen atoms in total. The summed E-state index contributed by atoms with van der Waals surface area (Å²) >= 11 is 0. The largest absolute Gasteiger partial charge is 0.492 e. The van der Waals surface area contributed by atoms with Crippen molar-refractivity contribution >= 4 is 21.6 Å². The Morgan fingerprint density at radius 3 is 1.94 bits per heavy atom. The Kier molecular flexibility index (Phi) is 9.53. The molecule has 0 fully saturated rings. The summed E-state index contributed by atoms with van der Waals surface area (Å²) in [6.45, 7) is 7.11. The fraction of sp³-hybridized carbons (Fsp3) is 0.345.